The molecule has 1 aliphatic rings. The van der Waals surface area contributed by atoms with Crippen LogP contribution in [0, 0.1) is 29.6 Å². The molecule has 0 atom stereocenters. The smallest absolute Gasteiger partial charge is 0.207 e. The zero-order valence-electron chi connectivity index (χ0n) is 12.8. The molecule has 1 aliphatic carbocycles. The Morgan fingerprint density at radius 1 is 1.18 bits per heavy atom. The van der Waals surface area contributed by atoms with E-state index in [2.05, 4.69) is 6.07 Å². The monoisotopic (exact) mass is 317 g/mol. The number of nitrogens with zero attached hydrogens (tertiary/aromatic N) is 3. The van der Waals surface area contributed by atoms with Gasteiger partial charge >= 0.3 is 0 Å². The SMILES string of the molecule is Cc1ccc(C#N)cc1S(=O)(=O)N(C)C1(C#N)CCCCC1. The minimum atomic E-state index is -3.81. The second-order valence-corrected chi connectivity index (χ2v) is 7.71. The lowest BCUT2D eigenvalue weighted by atomic mass is 9.83. The lowest BCUT2D eigenvalue weighted by Gasteiger charge is -2.38. The summed E-state index contributed by atoms with van der Waals surface area (Å²) < 4.78 is 27.1. The van der Waals surface area contributed by atoms with Crippen molar-refractivity contribution in [1.29, 1.82) is 10.5 Å². The maximum atomic E-state index is 12.9. The topological polar surface area (TPSA) is 85.0 Å². The molecule has 0 heterocycles. The summed E-state index contributed by atoms with van der Waals surface area (Å²) in [6, 6.07) is 8.78. The number of hydrogen-bond acceptors (Lipinski definition) is 4. The van der Waals surface area contributed by atoms with Crippen molar-refractivity contribution in [3.8, 4) is 12.1 Å². The zero-order valence-corrected chi connectivity index (χ0v) is 13.7. The van der Waals surface area contributed by atoms with Gasteiger partial charge in [-0.25, -0.2) is 8.42 Å². The number of rotatable bonds is 3. The number of aryl methyl sites for hydroxylation is 1. The van der Waals surface area contributed by atoms with E-state index in [1.165, 1.54) is 17.4 Å². The average Bonchev–Trinajstić information content (AvgIpc) is 2.55. The lowest BCUT2D eigenvalue weighted by molar-refractivity contribution is 0.212. The molecule has 22 heavy (non-hydrogen) atoms. The molecule has 6 heteroatoms. The summed E-state index contributed by atoms with van der Waals surface area (Å²) in [5, 5.41) is 18.6. The summed E-state index contributed by atoms with van der Waals surface area (Å²) in [5.41, 5.74) is -0.103. The number of sulfonamides is 1. The number of benzene rings is 1. The number of nitriles is 2. The van der Waals surface area contributed by atoms with Crippen LogP contribution in [-0.4, -0.2) is 25.3 Å². The molecule has 1 aromatic carbocycles. The van der Waals surface area contributed by atoms with Crippen molar-refractivity contribution in [2.24, 2.45) is 0 Å². The molecule has 1 fully saturated rings. The van der Waals surface area contributed by atoms with Gasteiger partial charge in [-0.2, -0.15) is 14.8 Å². The first-order valence-electron chi connectivity index (χ1n) is 7.28. The van der Waals surface area contributed by atoms with Crippen molar-refractivity contribution >= 4 is 10.0 Å². The van der Waals surface area contributed by atoms with Crippen molar-refractivity contribution in [2.75, 3.05) is 7.05 Å². The van der Waals surface area contributed by atoms with Gasteiger partial charge in [0.1, 0.15) is 5.54 Å². The van der Waals surface area contributed by atoms with Crippen LogP contribution in [0.15, 0.2) is 23.1 Å². The van der Waals surface area contributed by atoms with Crippen molar-refractivity contribution in [2.45, 2.75) is 49.5 Å². The third-order valence-corrected chi connectivity index (χ3v) is 6.51. The van der Waals surface area contributed by atoms with Crippen LogP contribution >= 0.6 is 0 Å². The fraction of sp³-hybridized carbons (Fsp3) is 0.500. The second-order valence-electron chi connectivity index (χ2n) is 5.77. The normalized spacial score (nSPS) is 17.7. The minimum absolute atomic E-state index is 0.106. The molecule has 0 spiro atoms. The highest BCUT2D eigenvalue weighted by Crippen LogP contribution is 2.36. The predicted molar refractivity (Wildman–Crippen MR) is 82.3 cm³/mol. The Morgan fingerprint density at radius 3 is 2.36 bits per heavy atom. The van der Waals surface area contributed by atoms with Crippen molar-refractivity contribution < 1.29 is 8.42 Å². The summed E-state index contributed by atoms with van der Waals surface area (Å²) in [6.45, 7) is 1.70. The molecule has 1 aromatic rings. The molecule has 1 saturated carbocycles. The maximum Gasteiger partial charge on any atom is 0.244 e. The molecule has 0 saturated heterocycles. The maximum absolute atomic E-state index is 12.9. The Bertz CT molecular complexity index is 751. The molecule has 116 valence electrons. The Kier molecular flexibility index (Phi) is 4.55. The van der Waals surface area contributed by atoms with Crippen LogP contribution in [-0.2, 0) is 10.0 Å². The molecule has 2 rings (SSSR count). The quantitative estimate of drug-likeness (QED) is 0.858. The molecule has 0 amide bonds. The van der Waals surface area contributed by atoms with Gasteiger partial charge in [-0.1, -0.05) is 25.3 Å². The van der Waals surface area contributed by atoms with Crippen LogP contribution < -0.4 is 0 Å². The summed E-state index contributed by atoms with van der Waals surface area (Å²) in [6.07, 6.45) is 3.84. The molecule has 0 bridgehead atoms. The first-order valence-corrected chi connectivity index (χ1v) is 8.72. The summed E-state index contributed by atoms with van der Waals surface area (Å²) in [5.74, 6) is 0. The standard InChI is InChI=1S/C16H19N3O2S/c1-13-6-7-14(11-17)10-15(13)22(20,21)19(2)16(12-18)8-4-3-5-9-16/h6-7,10H,3-5,8-9H2,1-2H3. The van der Waals surface area contributed by atoms with E-state index in [0.29, 0.717) is 24.0 Å². The van der Waals surface area contributed by atoms with E-state index in [9.17, 15) is 13.7 Å². The highest BCUT2D eigenvalue weighted by atomic mass is 32.2. The van der Waals surface area contributed by atoms with Crippen molar-refractivity contribution in [3.63, 3.8) is 0 Å². The third-order valence-electron chi connectivity index (χ3n) is 4.45. The van der Waals surface area contributed by atoms with E-state index in [0.717, 1.165) is 19.3 Å². The average molecular weight is 317 g/mol. The summed E-state index contributed by atoms with van der Waals surface area (Å²) in [7, 11) is -2.34. The first-order chi connectivity index (χ1) is 10.4. The lowest BCUT2D eigenvalue weighted by Crippen LogP contribution is -2.49. The van der Waals surface area contributed by atoms with Crippen LogP contribution in [0.25, 0.3) is 0 Å². The highest BCUT2D eigenvalue weighted by Gasteiger charge is 2.43. The molecular weight excluding hydrogens is 298 g/mol. The number of hydrogen-bond donors (Lipinski definition) is 0. The van der Waals surface area contributed by atoms with Gasteiger partial charge in [-0.3, -0.25) is 0 Å². The summed E-state index contributed by atoms with van der Waals surface area (Å²) in [4.78, 5) is 0.106. The zero-order chi connectivity index (χ0) is 16.4. The Balaban J connectivity index is 2.50. The van der Waals surface area contributed by atoms with E-state index < -0.39 is 15.6 Å². The molecule has 0 aliphatic heterocycles. The molecule has 5 nitrogen and oxygen atoms in total. The van der Waals surface area contributed by atoms with E-state index >= 15 is 0 Å². The predicted octanol–water partition coefficient (Wildman–Crippen LogP) is 2.71. The van der Waals surface area contributed by atoms with Gasteiger partial charge in [-0.15, -0.1) is 0 Å². The Hall–Kier alpha value is -1.89. The second kappa shape index (κ2) is 6.08. The van der Waals surface area contributed by atoms with Crippen LogP contribution in [0.4, 0.5) is 0 Å². The van der Waals surface area contributed by atoms with Gasteiger partial charge in [0.15, 0.2) is 0 Å². The molecule has 0 unspecified atom stereocenters. The van der Waals surface area contributed by atoms with E-state index in [4.69, 9.17) is 5.26 Å². The van der Waals surface area contributed by atoms with Gasteiger partial charge in [-0.05, 0) is 37.5 Å². The van der Waals surface area contributed by atoms with E-state index in [1.807, 2.05) is 6.07 Å². The third kappa shape index (κ3) is 2.72. The van der Waals surface area contributed by atoms with E-state index in [-0.39, 0.29) is 4.90 Å². The first kappa shape index (κ1) is 16.5. The van der Waals surface area contributed by atoms with Gasteiger partial charge in [0.2, 0.25) is 10.0 Å². The highest BCUT2D eigenvalue weighted by molar-refractivity contribution is 7.89. The van der Waals surface area contributed by atoms with Crippen LogP contribution in [0.5, 0.6) is 0 Å². The fourth-order valence-corrected chi connectivity index (χ4v) is 4.69. The van der Waals surface area contributed by atoms with Gasteiger partial charge in [0.05, 0.1) is 22.6 Å². The molecular formula is C16H19N3O2S. The van der Waals surface area contributed by atoms with Crippen LogP contribution in [0.2, 0.25) is 0 Å². The van der Waals surface area contributed by atoms with Crippen molar-refractivity contribution in [3.05, 3.63) is 29.3 Å². The molecule has 0 radical (unpaired) electrons. The Labute approximate surface area is 131 Å². The van der Waals surface area contributed by atoms with Crippen LogP contribution in [0.3, 0.4) is 0 Å². The van der Waals surface area contributed by atoms with Crippen molar-refractivity contribution in [1.82, 2.24) is 4.31 Å². The summed E-state index contributed by atoms with van der Waals surface area (Å²) >= 11 is 0. The van der Waals surface area contributed by atoms with E-state index in [1.54, 1.807) is 19.1 Å². The molecule has 0 aromatic heterocycles. The molecule has 0 N–H and O–H groups in total. The minimum Gasteiger partial charge on any atom is -0.207 e. The van der Waals surface area contributed by atoms with Gasteiger partial charge < -0.3 is 0 Å². The fourth-order valence-electron chi connectivity index (χ4n) is 2.96. The Morgan fingerprint density at radius 2 is 1.82 bits per heavy atom. The van der Waals surface area contributed by atoms with Gasteiger partial charge in [0.25, 0.3) is 0 Å². The largest absolute Gasteiger partial charge is 0.244 e. The van der Waals surface area contributed by atoms with Crippen LogP contribution in [0.1, 0.15) is 43.2 Å². The van der Waals surface area contributed by atoms with Gasteiger partial charge in [0, 0.05) is 7.05 Å².